The van der Waals surface area contributed by atoms with Crippen LogP contribution in [0.15, 0.2) is 88.0 Å². The predicted molar refractivity (Wildman–Crippen MR) is 125 cm³/mol. The minimum atomic E-state index is -0.492. The van der Waals surface area contributed by atoms with Crippen LogP contribution in [0.2, 0.25) is 0 Å². The molecule has 0 saturated heterocycles. The van der Waals surface area contributed by atoms with Crippen molar-refractivity contribution in [1.82, 2.24) is 0 Å². The van der Waals surface area contributed by atoms with Crippen LogP contribution in [0.4, 0.5) is 0 Å². The minimum absolute atomic E-state index is 0.225. The molecule has 0 aromatic heterocycles. The molecule has 1 heterocycles. The van der Waals surface area contributed by atoms with Crippen LogP contribution in [0, 0.1) is 0 Å². The van der Waals surface area contributed by atoms with Gasteiger partial charge in [0.1, 0.15) is 19.0 Å². The van der Waals surface area contributed by atoms with Gasteiger partial charge in [0, 0.05) is 10.0 Å². The quantitative estimate of drug-likeness (QED) is 0.243. The Morgan fingerprint density at radius 3 is 2.44 bits per heavy atom. The zero-order valence-electron chi connectivity index (χ0n) is 17.3. The molecule has 0 saturated carbocycles. The molecule has 6 nitrogen and oxygen atoms in total. The van der Waals surface area contributed by atoms with Crippen LogP contribution in [0.25, 0.3) is 6.08 Å². The Bertz CT molecular complexity index is 1160. The van der Waals surface area contributed by atoms with Gasteiger partial charge in [0.15, 0.2) is 17.2 Å². The van der Waals surface area contributed by atoms with Crippen LogP contribution >= 0.6 is 15.9 Å². The maximum absolute atomic E-state index is 12.2. The zero-order chi connectivity index (χ0) is 22.3. The fourth-order valence-electron chi connectivity index (χ4n) is 3.01. The molecular weight excluding hydrogens is 474 g/mol. The Morgan fingerprint density at radius 1 is 0.938 bits per heavy atom. The molecule has 0 aliphatic carbocycles. The van der Waals surface area contributed by atoms with E-state index in [1.54, 1.807) is 25.3 Å². The van der Waals surface area contributed by atoms with Crippen molar-refractivity contribution in [3.8, 4) is 17.2 Å². The van der Waals surface area contributed by atoms with Crippen molar-refractivity contribution in [3.05, 3.63) is 94.1 Å². The first kappa shape index (κ1) is 21.6. The topological polar surface area (TPSA) is 66.4 Å². The molecule has 3 aromatic carbocycles. The summed E-state index contributed by atoms with van der Waals surface area (Å²) < 4.78 is 23.2. The number of methoxy groups -OCH3 is 1. The summed E-state index contributed by atoms with van der Waals surface area (Å²) >= 11 is 3.39. The van der Waals surface area contributed by atoms with E-state index in [4.69, 9.17) is 18.9 Å². The van der Waals surface area contributed by atoms with Crippen molar-refractivity contribution in [3.63, 3.8) is 0 Å². The van der Waals surface area contributed by atoms with Gasteiger partial charge in [0.2, 0.25) is 5.90 Å². The second kappa shape index (κ2) is 10.2. The van der Waals surface area contributed by atoms with E-state index < -0.39 is 5.97 Å². The van der Waals surface area contributed by atoms with E-state index in [1.807, 2.05) is 60.7 Å². The SMILES string of the molecule is COc1cc(/C=C2\N=C(c3ccccc3)OC2=O)ccc1OCCOc1ccc(Br)cc1. The second-order valence-corrected chi connectivity index (χ2v) is 7.68. The lowest BCUT2D eigenvalue weighted by Crippen LogP contribution is -2.09. The van der Waals surface area contributed by atoms with Crippen molar-refractivity contribution < 1.29 is 23.7 Å². The van der Waals surface area contributed by atoms with Crippen LogP contribution in [0.5, 0.6) is 17.2 Å². The maximum atomic E-state index is 12.2. The van der Waals surface area contributed by atoms with Gasteiger partial charge in [-0.2, -0.15) is 0 Å². The fourth-order valence-corrected chi connectivity index (χ4v) is 3.27. The van der Waals surface area contributed by atoms with Crippen LogP contribution < -0.4 is 14.2 Å². The number of nitrogens with zero attached hydrogens (tertiary/aromatic N) is 1. The highest BCUT2D eigenvalue weighted by Crippen LogP contribution is 2.30. The summed E-state index contributed by atoms with van der Waals surface area (Å²) in [5, 5.41) is 0. The van der Waals surface area contributed by atoms with Gasteiger partial charge in [0.25, 0.3) is 0 Å². The van der Waals surface area contributed by atoms with Gasteiger partial charge in [-0.15, -0.1) is 0 Å². The molecule has 0 bridgehead atoms. The summed E-state index contributed by atoms with van der Waals surface area (Å²) in [5.74, 6) is 1.69. The van der Waals surface area contributed by atoms with Gasteiger partial charge in [-0.25, -0.2) is 9.79 Å². The smallest absolute Gasteiger partial charge is 0.363 e. The number of benzene rings is 3. The van der Waals surface area contributed by atoms with Crippen LogP contribution in [-0.4, -0.2) is 32.2 Å². The number of hydrogen-bond donors (Lipinski definition) is 0. The normalized spacial score (nSPS) is 14.1. The second-order valence-electron chi connectivity index (χ2n) is 6.76. The van der Waals surface area contributed by atoms with Crippen molar-refractivity contribution in [2.24, 2.45) is 4.99 Å². The van der Waals surface area contributed by atoms with Crippen LogP contribution in [0.1, 0.15) is 11.1 Å². The van der Waals surface area contributed by atoms with Gasteiger partial charge in [-0.3, -0.25) is 0 Å². The van der Waals surface area contributed by atoms with Crippen molar-refractivity contribution in [1.29, 1.82) is 0 Å². The van der Waals surface area contributed by atoms with Crippen LogP contribution in [0.3, 0.4) is 0 Å². The Labute approximate surface area is 194 Å². The third-order valence-corrected chi connectivity index (χ3v) is 5.08. The lowest BCUT2D eigenvalue weighted by Gasteiger charge is -2.12. The lowest BCUT2D eigenvalue weighted by molar-refractivity contribution is -0.129. The van der Waals surface area contributed by atoms with E-state index in [9.17, 15) is 4.79 Å². The van der Waals surface area contributed by atoms with E-state index in [0.29, 0.717) is 30.6 Å². The number of cyclic esters (lactones) is 1. The predicted octanol–water partition coefficient (Wildman–Crippen LogP) is 5.26. The van der Waals surface area contributed by atoms with Gasteiger partial charge in [-0.1, -0.05) is 40.2 Å². The van der Waals surface area contributed by atoms with E-state index >= 15 is 0 Å². The Kier molecular flexibility index (Phi) is 6.87. The molecule has 162 valence electrons. The number of carbonyl (C=O) groups is 1. The number of ether oxygens (including phenoxy) is 4. The Hall–Kier alpha value is -3.58. The molecule has 0 fully saturated rings. The maximum Gasteiger partial charge on any atom is 0.363 e. The molecule has 0 N–H and O–H groups in total. The summed E-state index contributed by atoms with van der Waals surface area (Å²) in [5.41, 5.74) is 1.71. The van der Waals surface area contributed by atoms with E-state index in [2.05, 4.69) is 20.9 Å². The number of halogens is 1. The Balaban J connectivity index is 1.41. The molecule has 0 radical (unpaired) electrons. The number of aliphatic imine (C=N–C) groups is 1. The lowest BCUT2D eigenvalue weighted by atomic mass is 10.1. The highest BCUT2D eigenvalue weighted by atomic mass is 79.9. The summed E-state index contributed by atoms with van der Waals surface area (Å²) in [4.78, 5) is 16.5. The molecule has 0 spiro atoms. The van der Waals surface area contributed by atoms with Gasteiger partial charge in [0.05, 0.1) is 7.11 Å². The average molecular weight is 494 g/mol. The minimum Gasteiger partial charge on any atom is -0.493 e. The standard InChI is InChI=1S/C25H20BrNO5/c1-29-23-16-17(15-21-25(28)32-24(27-21)18-5-3-2-4-6-18)7-12-22(23)31-14-13-30-20-10-8-19(26)9-11-20/h2-12,15-16H,13-14H2,1H3/b21-15-. The molecule has 0 unspecified atom stereocenters. The van der Waals surface area contributed by atoms with E-state index in [0.717, 1.165) is 21.3 Å². The van der Waals surface area contributed by atoms with Crippen molar-refractivity contribution >= 4 is 33.9 Å². The molecule has 32 heavy (non-hydrogen) atoms. The highest BCUT2D eigenvalue weighted by molar-refractivity contribution is 9.10. The largest absolute Gasteiger partial charge is 0.493 e. The summed E-state index contributed by atoms with van der Waals surface area (Å²) in [7, 11) is 1.56. The molecule has 1 aliphatic heterocycles. The number of esters is 1. The van der Waals surface area contributed by atoms with Crippen molar-refractivity contribution in [2.45, 2.75) is 0 Å². The van der Waals surface area contributed by atoms with Crippen LogP contribution in [-0.2, 0) is 9.53 Å². The number of carbonyl (C=O) groups excluding carboxylic acids is 1. The Morgan fingerprint density at radius 2 is 1.69 bits per heavy atom. The van der Waals surface area contributed by atoms with Gasteiger partial charge < -0.3 is 18.9 Å². The third-order valence-electron chi connectivity index (χ3n) is 4.56. The molecule has 7 heteroatoms. The first-order valence-corrected chi connectivity index (χ1v) is 10.7. The highest BCUT2D eigenvalue weighted by Gasteiger charge is 2.24. The van der Waals surface area contributed by atoms with Gasteiger partial charge >= 0.3 is 5.97 Å². The molecule has 0 atom stereocenters. The molecule has 3 aromatic rings. The van der Waals surface area contributed by atoms with Crippen molar-refractivity contribution in [2.75, 3.05) is 20.3 Å². The molecular formula is C25H20BrNO5. The zero-order valence-corrected chi connectivity index (χ0v) is 18.9. The first-order chi connectivity index (χ1) is 15.6. The van der Waals surface area contributed by atoms with E-state index in [-0.39, 0.29) is 5.70 Å². The monoisotopic (exact) mass is 493 g/mol. The number of hydrogen-bond acceptors (Lipinski definition) is 6. The molecule has 0 amide bonds. The summed E-state index contributed by atoms with van der Waals surface area (Å²) in [6.07, 6.45) is 1.65. The van der Waals surface area contributed by atoms with Gasteiger partial charge in [-0.05, 0) is 60.2 Å². The molecule has 1 aliphatic rings. The van der Waals surface area contributed by atoms with E-state index in [1.165, 1.54) is 0 Å². The summed E-state index contributed by atoms with van der Waals surface area (Å²) in [6, 6.07) is 22.3. The molecule has 4 rings (SSSR count). The third kappa shape index (κ3) is 5.36. The average Bonchev–Trinajstić information content (AvgIpc) is 3.19. The summed E-state index contributed by atoms with van der Waals surface area (Å²) in [6.45, 7) is 0.739. The number of rotatable bonds is 8. The first-order valence-electron chi connectivity index (χ1n) is 9.89. The fraction of sp³-hybridized carbons (Fsp3) is 0.120.